The molecule has 0 saturated carbocycles. The molecule has 0 aliphatic rings. The zero-order valence-corrected chi connectivity index (χ0v) is 16.1. The predicted molar refractivity (Wildman–Crippen MR) is 116 cm³/mol. The maximum Gasteiger partial charge on any atom is 0.124 e. The van der Waals surface area contributed by atoms with Crippen LogP contribution in [0, 0.1) is 0 Å². The van der Waals surface area contributed by atoms with E-state index >= 15 is 0 Å². The highest BCUT2D eigenvalue weighted by Crippen LogP contribution is 2.21. The Balaban J connectivity index is 1.42. The SMILES string of the molecule is Nc1cccc(-c2ccc(CCNC(c3cccnc3)c3cccnc3)cc2)n1. The van der Waals surface area contributed by atoms with E-state index in [-0.39, 0.29) is 6.04 Å². The number of nitrogens with one attached hydrogen (secondary N) is 1. The van der Waals surface area contributed by atoms with E-state index in [1.165, 1.54) is 5.56 Å². The van der Waals surface area contributed by atoms with Gasteiger partial charge in [-0.25, -0.2) is 4.98 Å². The van der Waals surface area contributed by atoms with Crippen LogP contribution in [0.3, 0.4) is 0 Å². The lowest BCUT2D eigenvalue weighted by Crippen LogP contribution is -2.25. The standard InChI is InChI=1S/C24H23N5/c25-23-7-1-6-22(29-23)19-10-8-18(9-11-19)12-15-28-24(20-4-2-13-26-16-20)21-5-3-14-27-17-21/h1-11,13-14,16-17,24,28H,12,15H2,(H2,25,29). The van der Waals surface area contributed by atoms with E-state index in [4.69, 9.17) is 5.73 Å². The zero-order chi connectivity index (χ0) is 19.9. The van der Waals surface area contributed by atoms with Crippen LogP contribution in [0.15, 0.2) is 91.5 Å². The van der Waals surface area contributed by atoms with Gasteiger partial charge in [0.2, 0.25) is 0 Å². The minimum Gasteiger partial charge on any atom is -0.384 e. The Bertz CT molecular complexity index is 994. The van der Waals surface area contributed by atoms with Gasteiger partial charge in [0.25, 0.3) is 0 Å². The van der Waals surface area contributed by atoms with Crippen molar-refractivity contribution in [2.24, 2.45) is 0 Å². The van der Waals surface area contributed by atoms with Crippen LogP contribution in [0.5, 0.6) is 0 Å². The first-order valence-corrected chi connectivity index (χ1v) is 9.65. The molecule has 3 N–H and O–H groups in total. The highest BCUT2D eigenvalue weighted by molar-refractivity contribution is 5.61. The van der Waals surface area contributed by atoms with Crippen molar-refractivity contribution in [1.82, 2.24) is 20.3 Å². The van der Waals surface area contributed by atoms with Gasteiger partial charge in [0.1, 0.15) is 5.82 Å². The van der Waals surface area contributed by atoms with Crippen LogP contribution in [0.1, 0.15) is 22.7 Å². The van der Waals surface area contributed by atoms with E-state index in [1.807, 2.05) is 36.7 Å². The van der Waals surface area contributed by atoms with Gasteiger partial charge in [-0.15, -0.1) is 0 Å². The summed E-state index contributed by atoms with van der Waals surface area (Å²) in [5, 5.41) is 3.65. The zero-order valence-electron chi connectivity index (χ0n) is 16.1. The van der Waals surface area contributed by atoms with Crippen molar-refractivity contribution in [1.29, 1.82) is 0 Å². The highest BCUT2D eigenvalue weighted by atomic mass is 14.9. The smallest absolute Gasteiger partial charge is 0.124 e. The molecule has 4 aromatic rings. The summed E-state index contributed by atoms with van der Waals surface area (Å²) >= 11 is 0. The molecule has 0 fully saturated rings. The minimum absolute atomic E-state index is 0.0631. The van der Waals surface area contributed by atoms with Crippen LogP contribution in [-0.4, -0.2) is 21.5 Å². The van der Waals surface area contributed by atoms with Gasteiger partial charge in [-0.1, -0.05) is 42.5 Å². The summed E-state index contributed by atoms with van der Waals surface area (Å²) in [4.78, 5) is 12.9. The van der Waals surface area contributed by atoms with E-state index in [1.54, 1.807) is 18.5 Å². The van der Waals surface area contributed by atoms with Gasteiger partial charge in [-0.05, 0) is 47.4 Å². The molecule has 29 heavy (non-hydrogen) atoms. The third-order valence-electron chi connectivity index (χ3n) is 4.82. The van der Waals surface area contributed by atoms with Gasteiger partial charge in [-0.2, -0.15) is 0 Å². The first-order chi connectivity index (χ1) is 14.3. The Morgan fingerprint density at radius 1 is 0.793 bits per heavy atom. The fourth-order valence-corrected chi connectivity index (χ4v) is 3.34. The molecule has 5 heteroatoms. The third-order valence-corrected chi connectivity index (χ3v) is 4.82. The van der Waals surface area contributed by atoms with Crippen LogP contribution in [0.2, 0.25) is 0 Å². The Morgan fingerprint density at radius 2 is 1.48 bits per heavy atom. The van der Waals surface area contributed by atoms with Gasteiger partial charge < -0.3 is 11.1 Å². The Morgan fingerprint density at radius 3 is 2.07 bits per heavy atom. The molecule has 0 radical (unpaired) electrons. The molecule has 0 unspecified atom stereocenters. The van der Waals surface area contributed by atoms with Crippen molar-refractivity contribution in [3.63, 3.8) is 0 Å². The quantitative estimate of drug-likeness (QED) is 0.505. The fourth-order valence-electron chi connectivity index (χ4n) is 3.34. The van der Waals surface area contributed by atoms with E-state index in [0.717, 1.165) is 35.3 Å². The number of rotatable bonds is 7. The number of benzene rings is 1. The van der Waals surface area contributed by atoms with Gasteiger partial charge >= 0.3 is 0 Å². The number of hydrogen-bond acceptors (Lipinski definition) is 5. The fraction of sp³-hybridized carbons (Fsp3) is 0.125. The van der Waals surface area contributed by atoms with Crippen molar-refractivity contribution in [3.05, 3.63) is 108 Å². The van der Waals surface area contributed by atoms with Crippen molar-refractivity contribution < 1.29 is 0 Å². The van der Waals surface area contributed by atoms with E-state index in [2.05, 4.69) is 56.7 Å². The van der Waals surface area contributed by atoms with E-state index < -0.39 is 0 Å². The minimum atomic E-state index is 0.0631. The molecular formula is C24H23N5. The predicted octanol–water partition coefficient (Wildman–Crippen LogP) is 4.04. The Labute approximate surface area is 170 Å². The van der Waals surface area contributed by atoms with Gasteiger partial charge in [0.15, 0.2) is 0 Å². The normalized spacial score (nSPS) is 10.9. The average Bonchev–Trinajstić information content (AvgIpc) is 2.78. The molecule has 0 spiro atoms. The molecule has 3 heterocycles. The topological polar surface area (TPSA) is 76.7 Å². The second-order valence-electron chi connectivity index (χ2n) is 6.85. The van der Waals surface area contributed by atoms with E-state index in [9.17, 15) is 0 Å². The number of pyridine rings is 3. The van der Waals surface area contributed by atoms with Crippen LogP contribution >= 0.6 is 0 Å². The summed E-state index contributed by atoms with van der Waals surface area (Å²) in [7, 11) is 0. The first kappa shape index (κ1) is 18.8. The van der Waals surface area contributed by atoms with Gasteiger partial charge in [0, 0.05) is 36.9 Å². The van der Waals surface area contributed by atoms with Crippen molar-refractivity contribution in [3.8, 4) is 11.3 Å². The van der Waals surface area contributed by atoms with E-state index in [0.29, 0.717) is 5.82 Å². The third kappa shape index (κ3) is 4.83. The molecule has 144 valence electrons. The number of nitrogens with two attached hydrogens (primary N) is 1. The molecule has 4 rings (SSSR count). The van der Waals surface area contributed by atoms with Crippen molar-refractivity contribution in [2.45, 2.75) is 12.5 Å². The second kappa shape index (κ2) is 9.08. The molecule has 3 aromatic heterocycles. The monoisotopic (exact) mass is 381 g/mol. The summed E-state index contributed by atoms with van der Waals surface area (Å²) < 4.78 is 0. The van der Waals surface area contributed by atoms with Crippen molar-refractivity contribution in [2.75, 3.05) is 12.3 Å². The molecule has 0 aliphatic carbocycles. The molecular weight excluding hydrogens is 358 g/mol. The number of nitrogen functional groups attached to an aromatic ring is 1. The molecule has 0 bridgehead atoms. The van der Waals surface area contributed by atoms with Crippen LogP contribution in [0.25, 0.3) is 11.3 Å². The number of hydrogen-bond donors (Lipinski definition) is 2. The molecule has 1 aromatic carbocycles. The Kier molecular flexibility index (Phi) is 5.88. The summed E-state index contributed by atoms with van der Waals surface area (Å²) in [5.74, 6) is 0.535. The maximum absolute atomic E-state index is 5.79. The van der Waals surface area contributed by atoms with Gasteiger partial charge in [0.05, 0.1) is 11.7 Å². The number of anilines is 1. The summed E-state index contributed by atoms with van der Waals surface area (Å²) in [6.45, 7) is 0.838. The summed E-state index contributed by atoms with van der Waals surface area (Å²) in [6.07, 6.45) is 8.30. The largest absolute Gasteiger partial charge is 0.384 e. The lowest BCUT2D eigenvalue weighted by atomic mass is 10.0. The lowest BCUT2D eigenvalue weighted by molar-refractivity contribution is 0.602. The highest BCUT2D eigenvalue weighted by Gasteiger charge is 2.13. The van der Waals surface area contributed by atoms with Crippen molar-refractivity contribution >= 4 is 5.82 Å². The number of aromatic nitrogens is 3. The van der Waals surface area contributed by atoms with Crippen LogP contribution < -0.4 is 11.1 Å². The van der Waals surface area contributed by atoms with Crippen LogP contribution in [0.4, 0.5) is 5.82 Å². The maximum atomic E-state index is 5.79. The van der Waals surface area contributed by atoms with Gasteiger partial charge in [-0.3, -0.25) is 9.97 Å². The molecule has 0 amide bonds. The lowest BCUT2D eigenvalue weighted by Gasteiger charge is -2.19. The molecule has 0 aliphatic heterocycles. The second-order valence-corrected chi connectivity index (χ2v) is 6.85. The summed E-state index contributed by atoms with van der Waals surface area (Å²) in [6, 6.07) is 22.3. The molecule has 5 nitrogen and oxygen atoms in total. The Hall–Kier alpha value is -3.57. The number of nitrogens with zero attached hydrogens (tertiary/aromatic N) is 3. The van der Waals surface area contributed by atoms with Crippen LogP contribution in [-0.2, 0) is 6.42 Å². The molecule has 0 saturated heterocycles. The molecule has 0 atom stereocenters. The summed E-state index contributed by atoms with van der Waals surface area (Å²) in [5.41, 5.74) is 11.3. The average molecular weight is 381 g/mol. The first-order valence-electron chi connectivity index (χ1n) is 9.65.